The second-order valence-corrected chi connectivity index (χ2v) is 6.70. The largest absolute Gasteiger partial charge is 0.340 e. The van der Waals surface area contributed by atoms with E-state index in [0.29, 0.717) is 12.2 Å². The number of rotatable bonds is 3. The average Bonchev–Trinajstić information content (AvgIpc) is 2.86. The molecule has 0 aromatic heterocycles. The van der Waals surface area contributed by atoms with E-state index in [1.165, 1.54) is 11.1 Å². The molecule has 0 spiro atoms. The topological polar surface area (TPSA) is 60.9 Å². The molecule has 26 heavy (non-hydrogen) atoms. The molecule has 0 bridgehead atoms. The molecule has 6 nitrogen and oxygen atoms in total. The lowest BCUT2D eigenvalue weighted by atomic mass is 10.0. The first-order valence-corrected chi connectivity index (χ1v) is 8.60. The van der Waals surface area contributed by atoms with Crippen molar-refractivity contribution in [1.29, 1.82) is 0 Å². The van der Waals surface area contributed by atoms with Crippen LogP contribution in [0.1, 0.15) is 16.7 Å². The van der Waals surface area contributed by atoms with E-state index >= 15 is 0 Å². The van der Waals surface area contributed by atoms with Crippen LogP contribution in [-0.4, -0.2) is 40.9 Å². The van der Waals surface area contributed by atoms with Crippen molar-refractivity contribution in [3.8, 4) is 0 Å². The number of nitrogens with zero attached hydrogens (tertiary/aromatic N) is 3. The summed E-state index contributed by atoms with van der Waals surface area (Å²) in [7, 11) is 0. The second kappa shape index (κ2) is 6.38. The van der Waals surface area contributed by atoms with Crippen LogP contribution >= 0.6 is 0 Å². The second-order valence-electron chi connectivity index (χ2n) is 6.70. The van der Waals surface area contributed by atoms with Gasteiger partial charge in [0.2, 0.25) is 0 Å². The van der Waals surface area contributed by atoms with Gasteiger partial charge in [-0.1, -0.05) is 42.0 Å². The summed E-state index contributed by atoms with van der Waals surface area (Å²) in [5, 5.41) is 0. The third-order valence-electron chi connectivity index (χ3n) is 4.90. The molecule has 2 aromatic rings. The van der Waals surface area contributed by atoms with Crippen molar-refractivity contribution in [3.05, 3.63) is 65.2 Å². The van der Waals surface area contributed by atoms with Gasteiger partial charge in [0.15, 0.2) is 0 Å². The van der Waals surface area contributed by atoms with Crippen molar-refractivity contribution < 1.29 is 14.4 Å². The van der Waals surface area contributed by atoms with Crippen LogP contribution in [0.5, 0.6) is 0 Å². The predicted octanol–water partition coefficient (Wildman–Crippen LogP) is 2.31. The Morgan fingerprint density at radius 2 is 1.58 bits per heavy atom. The molecule has 0 N–H and O–H groups in total. The summed E-state index contributed by atoms with van der Waals surface area (Å²) in [5.41, 5.74) is 3.92. The van der Waals surface area contributed by atoms with Gasteiger partial charge in [0, 0.05) is 13.1 Å². The summed E-state index contributed by atoms with van der Waals surface area (Å²) in [6.45, 7) is 3.45. The Morgan fingerprint density at radius 1 is 0.885 bits per heavy atom. The van der Waals surface area contributed by atoms with Crippen molar-refractivity contribution in [1.82, 2.24) is 9.80 Å². The van der Waals surface area contributed by atoms with Crippen molar-refractivity contribution in [2.75, 3.05) is 18.1 Å². The highest BCUT2D eigenvalue weighted by molar-refractivity contribution is 6.52. The maximum Gasteiger partial charge on any atom is 0.340 e. The lowest BCUT2D eigenvalue weighted by Gasteiger charge is -2.30. The van der Waals surface area contributed by atoms with Crippen LogP contribution in [0.25, 0.3) is 0 Å². The zero-order valence-corrected chi connectivity index (χ0v) is 14.5. The maximum atomic E-state index is 12.7. The van der Waals surface area contributed by atoms with Crippen molar-refractivity contribution >= 4 is 23.5 Å². The standard InChI is InChI=1S/C20H19N3O3/c1-14-6-8-17(9-7-14)23-19(25)18(24)22(20(23)26)13-21-11-10-15-4-2-3-5-16(15)12-21/h2-9H,10-13H2,1H3. The minimum atomic E-state index is -0.795. The zero-order chi connectivity index (χ0) is 18.3. The number of anilines is 1. The lowest BCUT2D eigenvalue weighted by molar-refractivity contribution is -0.140. The minimum absolute atomic E-state index is 0.125. The van der Waals surface area contributed by atoms with Crippen molar-refractivity contribution in [2.24, 2.45) is 0 Å². The normalized spacial score (nSPS) is 17.8. The van der Waals surface area contributed by atoms with Gasteiger partial charge in [0.25, 0.3) is 0 Å². The molecule has 132 valence electrons. The van der Waals surface area contributed by atoms with Crippen LogP contribution in [0.3, 0.4) is 0 Å². The molecule has 4 amide bonds. The Morgan fingerprint density at radius 3 is 2.31 bits per heavy atom. The van der Waals surface area contributed by atoms with Gasteiger partial charge in [-0.3, -0.25) is 14.5 Å². The molecule has 2 aliphatic heterocycles. The fraction of sp³-hybridized carbons (Fsp3) is 0.250. The minimum Gasteiger partial charge on any atom is -0.281 e. The Labute approximate surface area is 151 Å². The predicted molar refractivity (Wildman–Crippen MR) is 96.3 cm³/mol. The van der Waals surface area contributed by atoms with Gasteiger partial charge in [-0.2, -0.15) is 0 Å². The highest BCUT2D eigenvalue weighted by Gasteiger charge is 2.46. The molecule has 0 aliphatic carbocycles. The maximum absolute atomic E-state index is 12.7. The first-order valence-electron chi connectivity index (χ1n) is 8.60. The van der Waals surface area contributed by atoms with Gasteiger partial charge in [-0.25, -0.2) is 14.6 Å². The molecule has 2 heterocycles. The fourth-order valence-electron chi connectivity index (χ4n) is 3.43. The number of carbonyl (C=O) groups is 3. The molecular formula is C20H19N3O3. The number of hydrogen-bond donors (Lipinski definition) is 0. The monoisotopic (exact) mass is 349 g/mol. The summed E-state index contributed by atoms with van der Waals surface area (Å²) >= 11 is 0. The van der Waals surface area contributed by atoms with Crippen LogP contribution in [0, 0.1) is 6.92 Å². The van der Waals surface area contributed by atoms with E-state index in [-0.39, 0.29) is 6.67 Å². The molecule has 6 heteroatoms. The van der Waals surface area contributed by atoms with E-state index in [9.17, 15) is 14.4 Å². The number of carbonyl (C=O) groups excluding carboxylic acids is 3. The molecule has 1 saturated heterocycles. The van der Waals surface area contributed by atoms with Crippen LogP contribution in [0.4, 0.5) is 10.5 Å². The summed E-state index contributed by atoms with van der Waals surface area (Å²) in [6, 6.07) is 14.5. The Kier molecular flexibility index (Phi) is 4.05. The first kappa shape index (κ1) is 16.5. The highest BCUT2D eigenvalue weighted by Crippen LogP contribution is 2.24. The molecule has 2 aliphatic rings. The van der Waals surface area contributed by atoms with Crippen LogP contribution in [-0.2, 0) is 22.6 Å². The Bertz CT molecular complexity index is 891. The fourth-order valence-corrected chi connectivity index (χ4v) is 3.43. The van der Waals surface area contributed by atoms with Gasteiger partial charge < -0.3 is 0 Å². The molecule has 2 aromatic carbocycles. The number of benzene rings is 2. The van der Waals surface area contributed by atoms with Crippen molar-refractivity contribution in [2.45, 2.75) is 19.9 Å². The van der Waals surface area contributed by atoms with Gasteiger partial charge in [-0.15, -0.1) is 0 Å². The quantitative estimate of drug-likeness (QED) is 0.630. The van der Waals surface area contributed by atoms with Gasteiger partial charge in [-0.05, 0) is 36.6 Å². The summed E-state index contributed by atoms with van der Waals surface area (Å²) in [6.07, 6.45) is 0.863. The highest BCUT2D eigenvalue weighted by atomic mass is 16.2. The number of amides is 4. The smallest absolute Gasteiger partial charge is 0.281 e. The molecule has 1 fully saturated rings. The molecule has 0 saturated carbocycles. The van der Waals surface area contributed by atoms with E-state index in [0.717, 1.165) is 28.3 Å². The molecule has 0 radical (unpaired) electrons. The Hall–Kier alpha value is -2.99. The lowest BCUT2D eigenvalue weighted by Crippen LogP contribution is -2.44. The van der Waals surface area contributed by atoms with Gasteiger partial charge in [0.05, 0.1) is 12.4 Å². The van der Waals surface area contributed by atoms with E-state index in [4.69, 9.17) is 0 Å². The number of fused-ring (bicyclic) bond motifs is 1. The first-order chi connectivity index (χ1) is 12.5. The van der Waals surface area contributed by atoms with E-state index in [1.54, 1.807) is 12.1 Å². The molecule has 0 atom stereocenters. The summed E-state index contributed by atoms with van der Waals surface area (Å²) in [5.74, 6) is -1.56. The van der Waals surface area contributed by atoms with E-state index in [2.05, 4.69) is 12.1 Å². The SMILES string of the molecule is Cc1ccc(N2C(=O)C(=O)N(CN3CCc4ccccc4C3)C2=O)cc1. The zero-order valence-electron chi connectivity index (χ0n) is 14.5. The van der Waals surface area contributed by atoms with Crippen LogP contribution in [0.2, 0.25) is 0 Å². The molecule has 4 rings (SSSR count). The molecular weight excluding hydrogens is 330 g/mol. The van der Waals surface area contributed by atoms with E-state index in [1.807, 2.05) is 36.1 Å². The number of hydrogen-bond acceptors (Lipinski definition) is 4. The third-order valence-corrected chi connectivity index (χ3v) is 4.90. The number of aryl methyl sites for hydroxylation is 1. The number of urea groups is 1. The van der Waals surface area contributed by atoms with Crippen molar-refractivity contribution in [3.63, 3.8) is 0 Å². The third kappa shape index (κ3) is 2.78. The average molecular weight is 349 g/mol. The van der Waals surface area contributed by atoms with Gasteiger partial charge in [0.1, 0.15) is 0 Å². The van der Waals surface area contributed by atoms with E-state index < -0.39 is 17.8 Å². The molecule has 0 unspecified atom stereocenters. The van der Waals surface area contributed by atoms with Crippen LogP contribution < -0.4 is 4.90 Å². The Balaban J connectivity index is 1.53. The summed E-state index contributed by atoms with van der Waals surface area (Å²) < 4.78 is 0. The van der Waals surface area contributed by atoms with Crippen LogP contribution in [0.15, 0.2) is 48.5 Å². The number of imide groups is 2. The van der Waals surface area contributed by atoms with Gasteiger partial charge >= 0.3 is 17.8 Å². The summed E-state index contributed by atoms with van der Waals surface area (Å²) in [4.78, 5) is 41.4.